The van der Waals surface area contributed by atoms with E-state index in [1.807, 2.05) is 42.5 Å². The van der Waals surface area contributed by atoms with Crippen LogP contribution in [0.15, 0.2) is 42.5 Å². The van der Waals surface area contributed by atoms with Crippen molar-refractivity contribution < 1.29 is 33.7 Å². The number of carbonyl (C=O) groups is 3. The summed E-state index contributed by atoms with van der Waals surface area (Å²) in [4.78, 5) is 37.9. The number of ether oxygens (including phenoxy) is 3. The Kier molecular flexibility index (Phi) is 12.2. The normalized spacial score (nSPS) is 21.9. The Labute approximate surface area is 194 Å². The Morgan fingerprint density at radius 2 is 2.00 bits per heavy atom. The summed E-state index contributed by atoms with van der Waals surface area (Å²) in [5, 5.41) is 14.4. The molecule has 33 heavy (non-hydrogen) atoms. The third kappa shape index (κ3) is 9.73. The van der Waals surface area contributed by atoms with E-state index in [1.54, 1.807) is 0 Å². The topological polar surface area (TPSA) is 123 Å². The molecule has 1 aromatic carbocycles. The lowest BCUT2D eigenvalue weighted by Crippen LogP contribution is -2.47. The average molecular weight is 463 g/mol. The molecule has 0 unspecified atom stereocenters. The van der Waals surface area contributed by atoms with Crippen LogP contribution < -0.4 is 10.6 Å². The van der Waals surface area contributed by atoms with Crippen LogP contribution in [0.5, 0.6) is 0 Å². The number of aliphatic hydroxyl groups is 1. The quantitative estimate of drug-likeness (QED) is 0.272. The molecule has 0 bridgehead atoms. The summed E-state index contributed by atoms with van der Waals surface area (Å²) >= 11 is 0. The minimum absolute atomic E-state index is 0.00562. The maximum Gasteiger partial charge on any atom is 0.306 e. The molecular weight excluding hydrogens is 428 g/mol. The van der Waals surface area contributed by atoms with Gasteiger partial charge in [0, 0.05) is 26.5 Å². The van der Waals surface area contributed by atoms with E-state index >= 15 is 0 Å². The van der Waals surface area contributed by atoms with E-state index in [0.29, 0.717) is 19.4 Å². The number of amides is 2. The third-order valence-corrected chi connectivity index (χ3v) is 5.14. The second-order valence-corrected chi connectivity index (χ2v) is 7.72. The molecule has 0 saturated heterocycles. The number of aliphatic hydroxyl groups excluding tert-OH is 1. The van der Waals surface area contributed by atoms with Crippen molar-refractivity contribution in [1.29, 1.82) is 0 Å². The van der Waals surface area contributed by atoms with Crippen molar-refractivity contribution in [1.82, 2.24) is 10.6 Å². The standard InChI is InChI=1S/C24H34N2O7/c1-31-17-20-23(18-8-4-2-5-9-18)33-22(29)11-7-3-6-10-19(24(30)26-20)16-21(28)25-12-14-32-15-13-27/h2-6,8-9,19-20,23,27H,7,10-17H2,1H3,(H,25,28)(H,26,30)/t19-,20+,23+/m1/s1. The molecule has 1 aliphatic heterocycles. The Balaban J connectivity index is 2.14. The van der Waals surface area contributed by atoms with E-state index in [-0.39, 0.29) is 57.1 Å². The molecule has 1 heterocycles. The lowest BCUT2D eigenvalue weighted by Gasteiger charge is -2.29. The van der Waals surface area contributed by atoms with Crippen LogP contribution in [0.3, 0.4) is 0 Å². The van der Waals surface area contributed by atoms with E-state index in [9.17, 15) is 14.4 Å². The minimum Gasteiger partial charge on any atom is -0.455 e. The molecule has 0 fully saturated rings. The van der Waals surface area contributed by atoms with Crippen molar-refractivity contribution in [2.45, 2.75) is 37.8 Å². The molecule has 0 saturated carbocycles. The predicted molar refractivity (Wildman–Crippen MR) is 121 cm³/mol. The highest BCUT2D eigenvalue weighted by Gasteiger charge is 2.31. The number of rotatable bonds is 10. The summed E-state index contributed by atoms with van der Waals surface area (Å²) in [6.07, 6.45) is 4.00. The van der Waals surface area contributed by atoms with Gasteiger partial charge in [-0.3, -0.25) is 14.4 Å². The Morgan fingerprint density at radius 3 is 2.73 bits per heavy atom. The molecule has 3 atom stereocenters. The molecule has 9 heteroatoms. The van der Waals surface area contributed by atoms with Gasteiger partial charge in [0.1, 0.15) is 6.10 Å². The van der Waals surface area contributed by atoms with E-state index in [0.717, 1.165) is 5.56 Å². The number of hydrogen-bond donors (Lipinski definition) is 3. The smallest absolute Gasteiger partial charge is 0.306 e. The summed E-state index contributed by atoms with van der Waals surface area (Å²) in [7, 11) is 1.51. The van der Waals surface area contributed by atoms with Crippen LogP contribution in [-0.2, 0) is 28.6 Å². The first kappa shape index (κ1) is 26.5. The number of hydrogen-bond acceptors (Lipinski definition) is 7. The fourth-order valence-electron chi connectivity index (χ4n) is 3.50. The lowest BCUT2D eigenvalue weighted by molar-refractivity contribution is -0.153. The zero-order chi connectivity index (χ0) is 23.9. The zero-order valence-electron chi connectivity index (χ0n) is 19.0. The van der Waals surface area contributed by atoms with Gasteiger partial charge in [-0.25, -0.2) is 0 Å². The fourth-order valence-corrected chi connectivity index (χ4v) is 3.50. The molecule has 9 nitrogen and oxygen atoms in total. The first-order valence-electron chi connectivity index (χ1n) is 11.2. The van der Waals surface area contributed by atoms with Crippen molar-refractivity contribution in [3.8, 4) is 0 Å². The number of esters is 1. The first-order valence-corrected chi connectivity index (χ1v) is 11.2. The summed E-state index contributed by atoms with van der Waals surface area (Å²) < 4.78 is 16.2. The highest BCUT2D eigenvalue weighted by Crippen LogP contribution is 2.24. The van der Waals surface area contributed by atoms with Crippen molar-refractivity contribution in [3.05, 3.63) is 48.0 Å². The summed E-state index contributed by atoms with van der Waals surface area (Å²) in [6.45, 7) is 0.837. The van der Waals surface area contributed by atoms with Crippen LogP contribution in [0, 0.1) is 5.92 Å². The number of nitrogens with one attached hydrogen (secondary N) is 2. The third-order valence-electron chi connectivity index (χ3n) is 5.14. The highest BCUT2D eigenvalue weighted by molar-refractivity contribution is 5.86. The summed E-state index contributed by atoms with van der Waals surface area (Å²) in [5.74, 6) is -1.53. The van der Waals surface area contributed by atoms with Crippen molar-refractivity contribution >= 4 is 17.8 Å². The highest BCUT2D eigenvalue weighted by atomic mass is 16.5. The Morgan fingerprint density at radius 1 is 1.21 bits per heavy atom. The van der Waals surface area contributed by atoms with Crippen LogP contribution in [-0.4, -0.2) is 69.0 Å². The van der Waals surface area contributed by atoms with Crippen LogP contribution in [0.25, 0.3) is 0 Å². The molecule has 3 N–H and O–H groups in total. The van der Waals surface area contributed by atoms with Gasteiger partial charge in [0.25, 0.3) is 0 Å². The van der Waals surface area contributed by atoms with Gasteiger partial charge in [0.15, 0.2) is 0 Å². The number of benzene rings is 1. The zero-order valence-corrected chi connectivity index (χ0v) is 19.0. The van der Waals surface area contributed by atoms with E-state index in [4.69, 9.17) is 19.3 Å². The average Bonchev–Trinajstić information content (AvgIpc) is 2.81. The van der Waals surface area contributed by atoms with Gasteiger partial charge in [-0.2, -0.15) is 0 Å². The van der Waals surface area contributed by atoms with Crippen molar-refractivity contribution in [3.63, 3.8) is 0 Å². The first-order chi connectivity index (χ1) is 16.0. The van der Waals surface area contributed by atoms with Gasteiger partial charge >= 0.3 is 5.97 Å². The van der Waals surface area contributed by atoms with Gasteiger partial charge < -0.3 is 30.0 Å². The molecule has 0 aromatic heterocycles. The fraction of sp³-hybridized carbons (Fsp3) is 0.542. The monoisotopic (exact) mass is 462 g/mol. The van der Waals surface area contributed by atoms with Crippen LogP contribution in [0.1, 0.15) is 37.4 Å². The van der Waals surface area contributed by atoms with Gasteiger partial charge in [-0.1, -0.05) is 42.5 Å². The summed E-state index contributed by atoms with van der Waals surface area (Å²) in [5.41, 5.74) is 0.748. The van der Waals surface area contributed by atoms with Gasteiger partial charge in [-0.15, -0.1) is 0 Å². The van der Waals surface area contributed by atoms with Crippen LogP contribution >= 0.6 is 0 Å². The van der Waals surface area contributed by atoms with Crippen molar-refractivity contribution in [2.24, 2.45) is 5.92 Å². The van der Waals surface area contributed by atoms with E-state index < -0.39 is 18.1 Å². The minimum atomic E-state index is -0.718. The molecule has 0 radical (unpaired) electrons. The predicted octanol–water partition coefficient (Wildman–Crippen LogP) is 1.27. The SMILES string of the molecule is COC[C@@H]1NC(=O)[C@@H](CC(=O)NCCOCCO)CC=CCCC(=O)O[C@H]1c1ccccc1. The summed E-state index contributed by atoms with van der Waals surface area (Å²) in [6, 6.07) is 8.59. The number of cyclic esters (lactones) is 1. The maximum atomic E-state index is 13.2. The van der Waals surface area contributed by atoms with Crippen LogP contribution in [0.2, 0.25) is 0 Å². The molecule has 1 aliphatic rings. The Bertz CT molecular complexity index is 769. The molecular formula is C24H34N2O7. The Hall–Kier alpha value is -2.75. The van der Waals surface area contributed by atoms with Gasteiger partial charge in [-0.05, 0) is 18.4 Å². The second kappa shape index (κ2) is 15.2. The second-order valence-electron chi connectivity index (χ2n) is 7.72. The lowest BCUT2D eigenvalue weighted by atomic mass is 9.96. The molecule has 0 spiro atoms. The maximum absolute atomic E-state index is 13.2. The van der Waals surface area contributed by atoms with Gasteiger partial charge in [0.2, 0.25) is 11.8 Å². The van der Waals surface area contributed by atoms with E-state index in [1.165, 1.54) is 7.11 Å². The van der Waals surface area contributed by atoms with E-state index in [2.05, 4.69) is 10.6 Å². The van der Waals surface area contributed by atoms with Gasteiger partial charge in [0.05, 0.1) is 38.4 Å². The van der Waals surface area contributed by atoms with Crippen molar-refractivity contribution in [2.75, 3.05) is 40.1 Å². The molecule has 1 aromatic rings. The number of methoxy groups -OCH3 is 1. The number of allylic oxidation sites excluding steroid dienone is 2. The molecule has 182 valence electrons. The van der Waals surface area contributed by atoms with Crippen LogP contribution in [0.4, 0.5) is 0 Å². The molecule has 2 amide bonds. The molecule has 0 aliphatic carbocycles. The molecule has 2 rings (SSSR count). The number of carbonyl (C=O) groups excluding carboxylic acids is 3. The largest absolute Gasteiger partial charge is 0.455 e.